The van der Waals surface area contributed by atoms with E-state index in [9.17, 15) is 14.0 Å². The Morgan fingerprint density at radius 2 is 1.78 bits per heavy atom. The molecule has 2 amide bonds. The fraction of sp³-hybridized carbons (Fsp3) is 0.167. The van der Waals surface area contributed by atoms with Crippen LogP contribution >= 0.6 is 0 Å². The molecule has 2 N–H and O–H groups in total. The van der Waals surface area contributed by atoms with E-state index in [1.54, 1.807) is 36.5 Å². The second-order valence-electron chi connectivity index (χ2n) is 5.65. The van der Waals surface area contributed by atoms with Gasteiger partial charge in [0.1, 0.15) is 11.5 Å². The van der Waals surface area contributed by atoms with E-state index < -0.39 is 0 Å². The van der Waals surface area contributed by atoms with Crippen molar-refractivity contribution in [1.82, 2.24) is 30.6 Å². The number of carbonyl (C=O) groups is 2. The average molecular weight is 368 g/mol. The van der Waals surface area contributed by atoms with Crippen molar-refractivity contribution in [2.24, 2.45) is 0 Å². The summed E-state index contributed by atoms with van der Waals surface area (Å²) >= 11 is 0. The number of hydrogen-bond acceptors (Lipinski definition) is 5. The lowest BCUT2D eigenvalue weighted by molar-refractivity contribution is 0.0937. The first-order valence-corrected chi connectivity index (χ1v) is 8.24. The average Bonchev–Trinajstić information content (AvgIpc) is 3.17. The molecule has 9 heteroatoms. The summed E-state index contributed by atoms with van der Waals surface area (Å²) in [5.74, 6) is -1.00. The van der Waals surface area contributed by atoms with Crippen LogP contribution in [0.2, 0.25) is 0 Å². The SMILES string of the molecule is O=C(NCCn1cc(C(=O)NCc2ccc(F)cc2)nn1)c1ccccn1. The topological polar surface area (TPSA) is 102 Å². The molecule has 0 bridgehead atoms. The number of carbonyl (C=O) groups excluding carboxylic acids is 2. The van der Waals surface area contributed by atoms with Crippen molar-refractivity contribution < 1.29 is 14.0 Å². The molecule has 2 heterocycles. The molecule has 27 heavy (non-hydrogen) atoms. The first-order chi connectivity index (χ1) is 13.1. The fourth-order valence-corrected chi connectivity index (χ4v) is 2.26. The zero-order valence-electron chi connectivity index (χ0n) is 14.3. The van der Waals surface area contributed by atoms with Gasteiger partial charge in [-0.3, -0.25) is 14.6 Å². The smallest absolute Gasteiger partial charge is 0.273 e. The van der Waals surface area contributed by atoms with E-state index in [1.807, 2.05) is 0 Å². The monoisotopic (exact) mass is 368 g/mol. The lowest BCUT2D eigenvalue weighted by Crippen LogP contribution is -2.28. The normalized spacial score (nSPS) is 10.4. The zero-order valence-corrected chi connectivity index (χ0v) is 14.3. The largest absolute Gasteiger partial charge is 0.349 e. The Labute approximate surface area is 154 Å². The van der Waals surface area contributed by atoms with Crippen LogP contribution in [0.1, 0.15) is 26.5 Å². The van der Waals surface area contributed by atoms with Gasteiger partial charge in [-0.25, -0.2) is 9.07 Å². The molecule has 0 radical (unpaired) electrons. The summed E-state index contributed by atoms with van der Waals surface area (Å²) in [7, 11) is 0. The molecule has 2 aromatic heterocycles. The van der Waals surface area contributed by atoms with Crippen molar-refractivity contribution in [1.29, 1.82) is 0 Å². The van der Waals surface area contributed by atoms with Crippen molar-refractivity contribution in [2.75, 3.05) is 6.54 Å². The maximum absolute atomic E-state index is 12.9. The predicted octanol–water partition coefficient (Wildman–Crippen LogP) is 1.17. The van der Waals surface area contributed by atoms with Crippen LogP contribution in [0, 0.1) is 5.82 Å². The van der Waals surface area contributed by atoms with Crippen LogP contribution in [0.15, 0.2) is 54.9 Å². The Kier molecular flexibility index (Phi) is 5.83. The molecule has 0 aliphatic carbocycles. The van der Waals surface area contributed by atoms with Crippen LogP contribution in [0.3, 0.4) is 0 Å². The number of amides is 2. The highest BCUT2D eigenvalue weighted by Gasteiger charge is 2.11. The number of hydrogen-bond donors (Lipinski definition) is 2. The summed E-state index contributed by atoms with van der Waals surface area (Å²) < 4.78 is 14.3. The molecular weight excluding hydrogens is 351 g/mol. The first kappa shape index (κ1) is 18.2. The molecule has 0 aliphatic rings. The first-order valence-electron chi connectivity index (χ1n) is 8.24. The molecule has 138 valence electrons. The third-order valence-electron chi connectivity index (χ3n) is 3.66. The van der Waals surface area contributed by atoms with E-state index in [1.165, 1.54) is 23.0 Å². The van der Waals surface area contributed by atoms with Gasteiger partial charge in [0.15, 0.2) is 5.69 Å². The molecular formula is C18H17FN6O2. The third-order valence-corrected chi connectivity index (χ3v) is 3.66. The summed E-state index contributed by atoms with van der Waals surface area (Å²) in [5, 5.41) is 13.1. The minimum absolute atomic E-state index is 0.160. The predicted molar refractivity (Wildman–Crippen MR) is 94.2 cm³/mol. The van der Waals surface area contributed by atoms with E-state index >= 15 is 0 Å². The van der Waals surface area contributed by atoms with Crippen LogP contribution in [-0.2, 0) is 13.1 Å². The Morgan fingerprint density at radius 1 is 1.00 bits per heavy atom. The van der Waals surface area contributed by atoms with Crippen LogP contribution in [0.4, 0.5) is 4.39 Å². The zero-order chi connectivity index (χ0) is 19.1. The number of pyridine rings is 1. The highest BCUT2D eigenvalue weighted by Crippen LogP contribution is 2.03. The molecule has 0 fully saturated rings. The highest BCUT2D eigenvalue weighted by atomic mass is 19.1. The van der Waals surface area contributed by atoms with Gasteiger partial charge in [-0.15, -0.1) is 5.10 Å². The molecule has 8 nitrogen and oxygen atoms in total. The van der Waals surface area contributed by atoms with Crippen LogP contribution in [0.5, 0.6) is 0 Å². The fourth-order valence-electron chi connectivity index (χ4n) is 2.26. The van der Waals surface area contributed by atoms with Gasteiger partial charge in [0.2, 0.25) is 0 Å². The highest BCUT2D eigenvalue weighted by molar-refractivity contribution is 5.92. The van der Waals surface area contributed by atoms with Gasteiger partial charge < -0.3 is 10.6 Å². The second kappa shape index (κ2) is 8.65. The van der Waals surface area contributed by atoms with Gasteiger partial charge in [-0.1, -0.05) is 23.4 Å². The van der Waals surface area contributed by atoms with Crippen molar-refractivity contribution >= 4 is 11.8 Å². The number of benzene rings is 1. The summed E-state index contributed by atoms with van der Waals surface area (Å²) in [5.41, 5.74) is 1.26. The van der Waals surface area contributed by atoms with Gasteiger partial charge >= 0.3 is 0 Å². The maximum atomic E-state index is 12.9. The molecule has 0 aliphatic heterocycles. The summed E-state index contributed by atoms with van der Waals surface area (Å²) in [6, 6.07) is 10.9. The van der Waals surface area contributed by atoms with Gasteiger partial charge in [-0.2, -0.15) is 0 Å². The van der Waals surface area contributed by atoms with Crippen LogP contribution < -0.4 is 10.6 Å². The quantitative estimate of drug-likeness (QED) is 0.652. The van der Waals surface area contributed by atoms with E-state index in [2.05, 4.69) is 25.9 Å². The van der Waals surface area contributed by atoms with Gasteiger partial charge in [0.25, 0.3) is 11.8 Å². The molecule has 3 aromatic rings. The Bertz CT molecular complexity index is 911. The van der Waals surface area contributed by atoms with Gasteiger partial charge in [0.05, 0.1) is 12.7 Å². The van der Waals surface area contributed by atoms with E-state index in [0.717, 1.165) is 5.56 Å². The lowest BCUT2D eigenvalue weighted by atomic mass is 10.2. The summed E-state index contributed by atoms with van der Waals surface area (Å²) in [6.45, 7) is 0.929. The van der Waals surface area contributed by atoms with Crippen LogP contribution in [0.25, 0.3) is 0 Å². The molecule has 0 spiro atoms. The summed E-state index contributed by atoms with van der Waals surface area (Å²) in [6.07, 6.45) is 3.04. The number of halogens is 1. The Hall–Kier alpha value is -3.62. The molecule has 0 atom stereocenters. The van der Waals surface area contributed by atoms with Gasteiger partial charge in [0, 0.05) is 19.3 Å². The number of aromatic nitrogens is 4. The van der Waals surface area contributed by atoms with Gasteiger partial charge in [-0.05, 0) is 29.8 Å². The molecule has 0 unspecified atom stereocenters. The number of nitrogens with zero attached hydrogens (tertiary/aromatic N) is 4. The second-order valence-corrected chi connectivity index (χ2v) is 5.65. The minimum atomic E-state index is -0.386. The number of nitrogens with one attached hydrogen (secondary N) is 2. The van der Waals surface area contributed by atoms with Crippen molar-refractivity contribution in [3.8, 4) is 0 Å². The van der Waals surface area contributed by atoms with Crippen LogP contribution in [-0.4, -0.2) is 38.3 Å². The standard InChI is InChI=1S/C18H17FN6O2/c19-14-6-4-13(5-7-14)11-22-18(27)16-12-25(24-23-16)10-9-21-17(26)15-3-1-2-8-20-15/h1-8,12H,9-11H2,(H,21,26)(H,22,27). The Morgan fingerprint density at radius 3 is 2.52 bits per heavy atom. The van der Waals surface area contributed by atoms with E-state index in [-0.39, 0.29) is 29.9 Å². The molecule has 3 rings (SSSR count). The Balaban J connectivity index is 1.45. The minimum Gasteiger partial charge on any atom is -0.349 e. The van der Waals surface area contributed by atoms with E-state index in [0.29, 0.717) is 18.8 Å². The maximum Gasteiger partial charge on any atom is 0.273 e. The molecule has 0 saturated carbocycles. The van der Waals surface area contributed by atoms with Crippen molar-refractivity contribution in [2.45, 2.75) is 13.1 Å². The molecule has 0 saturated heterocycles. The summed E-state index contributed by atoms with van der Waals surface area (Å²) in [4.78, 5) is 27.9. The molecule has 1 aromatic carbocycles. The van der Waals surface area contributed by atoms with Crippen molar-refractivity contribution in [3.63, 3.8) is 0 Å². The third kappa shape index (κ3) is 5.18. The van der Waals surface area contributed by atoms with E-state index in [4.69, 9.17) is 0 Å². The lowest BCUT2D eigenvalue weighted by Gasteiger charge is -2.04. The van der Waals surface area contributed by atoms with Crippen molar-refractivity contribution in [3.05, 3.63) is 77.6 Å². The number of rotatable bonds is 7.